The number of rotatable bonds is 16. The Morgan fingerprint density at radius 2 is 1.14 bits per heavy atom. The van der Waals surface area contributed by atoms with E-state index in [1.165, 1.54) is 51.4 Å². The van der Waals surface area contributed by atoms with Crippen LogP contribution in [0.15, 0.2) is 23.3 Å². The molecule has 2 fully saturated rings. The standard InChI is InChI=1S/C32H58O3/c1-7-29(8-2)17-15-27(5)19-23-31(21-11-13-25-33-31)35-32(22-12-14-26-34-32)24-20-28(6)16-18-30(9-3)10-4/h7,9,27-28H,8,10-26H2,1-6H3/b29-7-,30-9-. The van der Waals surface area contributed by atoms with Gasteiger partial charge in [-0.3, -0.25) is 0 Å². The van der Waals surface area contributed by atoms with Crippen LogP contribution in [0, 0.1) is 11.8 Å². The van der Waals surface area contributed by atoms with Gasteiger partial charge in [-0.05, 0) is 103 Å². The minimum Gasteiger partial charge on any atom is -0.350 e. The maximum absolute atomic E-state index is 7.08. The molecule has 0 aromatic heterocycles. The molecular weight excluding hydrogens is 432 g/mol. The van der Waals surface area contributed by atoms with Gasteiger partial charge in [0, 0.05) is 25.7 Å². The topological polar surface area (TPSA) is 27.7 Å². The summed E-state index contributed by atoms with van der Waals surface area (Å²) in [6, 6.07) is 0. The van der Waals surface area contributed by atoms with Crippen LogP contribution in [0.4, 0.5) is 0 Å². The maximum Gasteiger partial charge on any atom is 0.171 e. The lowest BCUT2D eigenvalue weighted by Gasteiger charge is -2.47. The van der Waals surface area contributed by atoms with Gasteiger partial charge in [0.25, 0.3) is 0 Å². The zero-order valence-electron chi connectivity index (χ0n) is 24.3. The molecule has 3 nitrogen and oxygen atoms in total. The summed E-state index contributed by atoms with van der Waals surface area (Å²) in [6.45, 7) is 15.3. The maximum atomic E-state index is 7.08. The summed E-state index contributed by atoms with van der Waals surface area (Å²) in [7, 11) is 0. The van der Waals surface area contributed by atoms with Gasteiger partial charge in [-0.2, -0.15) is 0 Å². The normalized spacial score (nSPS) is 28.2. The summed E-state index contributed by atoms with van der Waals surface area (Å²) in [5.74, 6) is 0.457. The Morgan fingerprint density at radius 3 is 1.46 bits per heavy atom. The summed E-state index contributed by atoms with van der Waals surface area (Å²) in [4.78, 5) is 0. The summed E-state index contributed by atoms with van der Waals surface area (Å²) >= 11 is 0. The molecule has 2 aliphatic heterocycles. The summed E-state index contributed by atoms with van der Waals surface area (Å²) in [5, 5.41) is 0. The highest BCUT2D eigenvalue weighted by Crippen LogP contribution is 2.42. The Kier molecular flexibility index (Phi) is 14.2. The molecule has 3 heteroatoms. The van der Waals surface area contributed by atoms with E-state index in [1.54, 1.807) is 11.1 Å². The first kappa shape index (κ1) is 30.6. The molecule has 4 atom stereocenters. The van der Waals surface area contributed by atoms with Gasteiger partial charge in [0.15, 0.2) is 11.6 Å². The largest absolute Gasteiger partial charge is 0.350 e. The second kappa shape index (κ2) is 16.3. The predicted octanol–water partition coefficient (Wildman–Crippen LogP) is 9.90. The van der Waals surface area contributed by atoms with Crippen LogP contribution in [0.25, 0.3) is 0 Å². The van der Waals surface area contributed by atoms with Crippen LogP contribution >= 0.6 is 0 Å². The van der Waals surface area contributed by atoms with Crippen molar-refractivity contribution < 1.29 is 14.2 Å². The van der Waals surface area contributed by atoms with E-state index in [0.29, 0.717) is 11.8 Å². The third kappa shape index (κ3) is 10.7. The molecule has 0 bridgehead atoms. The quantitative estimate of drug-likeness (QED) is 0.201. The minimum atomic E-state index is -0.457. The van der Waals surface area contributed by atoms with Crippen LogP contribution in [0.5, 0.6) is 0 Å². The molecule has 0 aromatic carbocycles. The van der Waals surface area contributed by atoms with E-state index in [2.05, 4.69) is 53.7 Å². The van der Waals surface area contributed by atoms with Crippen molar-refractivity contribution in [2.75, 3.05) is 13.2 Å². The fraction of sp³-hybridized carbons (Fsp3) is 0.875. The van der Waals surface area contributed by atoms with E-state index < -0.39 is 11.6 Å². The first-order valence-electron chi connectivity index (χ1n) is 15.2. The van der Waals surface area contributed by atoms with E-state index in [0.717, 1.165) is 64.6 Å². The Bertz CT molecular complexity index is 569. The third-order valence-corrected chi connectivity index (χ3v) is 8.68. The predicted molar refractivity (Wildman–Crippen MR) is 150 cm³/mol. The first-order chi connectivity index (χ1) is 16.9. The average molecular weight is 491 g/mol. The van der Waals surface area contributed by atoms with Crippen LogP contribution in [-0.4, -0.2) is 24.8 Å². The van der Waals surface area contributed by atoms with Gasteiger partial charge in [-0.15, -0.1) is 0 Å². The Balaban J connectivity index is 1.99. The molecule has 2 saturated heterocycles. The van der Waals surface area contributed by atoms with Crippen molar-refractivity contribution in [2.24, 2.45) is 11.8 Å². The molecule has 2 rings (SSSR count). The van der Waals surface area contributed by atoms with Gasteiger partial charge in [0.05, 0.1) is 13.2 Å². The molecule has 0 aliphatic carbocycles. The molecule has 0 saturated carbocycles. The van der Waals surface area contributed by atoms with E-state index >= 15 is 0 Å². The average Bonchev–Trinajstić information content (AvgIpc) is 2.88. The van der Waals surface area contributed by atoms with E-state index in [1.807, 2.05) is 0 Å². The molecule has 0 aromatic rings. The fourth-order valence-electron chi connectivity index (χ4n) is 5.79. The van der Waals surface area contributed by atoms with Gasteiger partial charge < -0.3 is 14.2 Å². The summed E-state index contributed by atoms with van der Waals surface area (Å²) in [6.07, 6.45) is 22.9. The highest BCUT2D eigenvalue weighted by Gasteiger charge is 2.45. The highest BCUT2D eigenvalue weighted by atomic mass is 16.8. The van der Waals surface area contributed by atoms with Crippen LogP contribution in [0.2, 0.25) is 0 Å². The van der Waals surface area contributed by atoms with E-state index in [-0.39, 0.29) is 0 Å². The van der Waals surface area contributed by atoms with Crippen molar-refractivity contribution in [2.45, 2.75) is 156 Å². The second-order valence-corrected chi connectivity index (χ2v) is 11.5. The second-order valence-electron chi connectivity index (χ2n) is 11.5. The van der Waals surface area contributed by atoms with Gasteiger partial charge in [-0.1, -0.05) is 51.0 Å². The zero-order chi connectivity index (χ0) is 25.6. The lowest BCUT2D eigenvalue weighted by Crippen LogP contribution is -2.51. The van der Waals surface area contributed by atoms with Crippen molar-refractivity contribution in [1.29, 1.82) is 0 Å². The number of ether oxygens (including phenoxy) is 3. The van der Waals surface area contributed by atoms with Crippen LogP contribution in [0.3, 0.4) is 0 Å². The monoisotopic (exact) mass is 490 g/mol. The van der Waals surface area contributed by atoms with Gasteiger partial charge >= 0.3 is 0 Å². The molecule has 204 valence electrons. The minimum absolute atomic E-state index is 0.457. The third-order valence-electron chi connectivity index (χ3n) is 8.68. The zero-order valence-corrected chi connectivity index (χ0v) is 24.3. The molecule has 0 N–H and O–H groups in total. The SMILES string of the molecule is C/C=C(/CC)CCC(C)CCC1(OC2(CCC(C)CC/C(=C\C)CC)CCCCO2)CCCCO1. The van der Waals surface area contributed by atoms with Gasteiger partial charge in [-0.25, -0.2) is 0 Å². The summed E-state index contributed by atoms with van der Waals surface area (Å²) in [5.41, 5.74) is 3.17. The van der Waals surface area contributed by atoms with Crippen molar-refractivity contribution in [3.63, 3.8) is 0 Å². The van der Waals surface area contributed by atoms with E-state index in [9.17, 15) is 0 Å². The molecule has 4 unspecified atom stereocenters. The molecule has 0 amide bonds. The van der Waals surface area contributed by atoms with Gasteiger partial charge in [0.1, 0.15) is 0 Å². The van der Waals surface area contributed by atoms with Crippen molar-refractivity contribution in [1.82, 2.24) is 0 Å². The number of allylic oxidation sites excluding steroid dienone is 4. The molecule has 2 heterocycles. The van der Waals surface area contributed by atoms with E-state index in [4.69, 9.17) is 14.2 Å². The Hall–Kier alpha value is -0.640. The number of hydrogen-bond donors (Lipinski definition) is 0. The Labute approximate surface area is 218 Å². The Morgan fingerprint density at radius 1 is 0.714 bits per heavy atom. The molecule has 35 heavy (non-hydrogen) atoms. The molecular formula is C32H58O3. The lowest BCUT2D eigenvalue weighted by atomic mass is 9.89. The van der Waals surface area contributed by atoms with Crippen molar-refractivity contribution in [3.05, 3.63) is 23.3 Å². The van der Waals surface area contributed by atoms with Crippen LogP contribution in [-0.2, 0) is 14.2 Å². The summed E-state index contributed by atoms with van der Waals surface area (Å²) < 4.78 is 20.1. The van der Waals surface area contributed by atoms with Crippen LogP contribution < -0.4 is 0 Å². The van der Waals surface area contributed by atoms with Gasteiger partial charge in [0.2, 0.25) is 0 Å². The fourth-order valence-corrected chi connectivity index (χ4v) is 5.79. The molecule has 0 spiro atoms. The van der Waals surface area contributed by atoms with Crippen molar-refractivity contribution in [3.8, 4) is 0 Å². The van der Waals surface area contributed by atoms with Crippen molar-refractivity contribution >= 4 is 0 Å². The highest BCUT2D eigenvalue weighted by molar-refractivity contribution is 4.99. The first-order valence-corrected chi connectivity index (χ1v) is 15.2. The lowest BCUT2D eigenvalue weighted by molar-refractivity contribution is -0.381. The molecule has 2 aliphatic rings. The molecule has 0 radical (unpaired) electrons. The smallest absolute Gasteiger partial charge is 0.171 e. The number of hydrogen-bond acceptors (Lipinski definition) is 3. The van der Waals surface area contributed by atoms with Crippen LogP contribution in [0.1, 0.15) is 144 Å².